The summed E-state index contributed by atoms with van der Waals surface area (Å²) in [5, 5.41) is 4.03. The summed E-state index contributed by atoms with van der Waals surface area (Å²) in [5.41, 5.74) is 2.94. The van der Waals surface area contributed by atoms with Crippen LogP contribution in [-0.4, -0.2) is 17.0 Å². The fraction of sp³-hybridized carbons (Fsp3) is 0.400. The van der Waals surface area contributed by atoms with Crippen LogP contribution in [-0.2, 0) is 7.05 Å². The Hall–Kier alpha value is -1.77. The van der Waals surface area contributed by atoms with Gasteiger partial charge in [0, 0.05) is 30.2 Å². The van der Waals surface area contributed by atoms with E-state index in [1.807, 2.05) is 38.2 Å². The summed E-state index contributed by atoms with van der Waals surface area (Å²) in [7, 11) is 2.00. The topological polar surface area (TPSA) is 34.0 Å². The molecule has 1 aromatic heterocycles. The average molecular weight is 244 g/mol. The largest absolute Gasteiger partial charge is 0.352 e. The maximum absolute atomic E-state index is 12.2. The number of amides is 1. The van der Waals surface area contributed by atoms with Gasteiger partial charge in [-0.05, 0) is 19.4 Å². The Morgan fingerprint density at radius 2 is 2.06 bits per heavy atom. The minimum atomic E-state index is 0.0396. The first-order valence-electron chi connectivity index (χ1n) is 6.49. The molecule has 0 saturated heterocycles. The monoisotopic (exact) mass is 244 g/mol. The number of nitrogens with zero attached hydrogens (tertiary/aromatic N) is 1. The van der Waals surface area contributed by atoms with Crippen LogP contribution in [0.4, 0.5) is 0 Å². The Labute approximate surface area is 108 Å². The summed E-state index contributed by atoms with van der Waals surface area (Å²) in [5.74, 6) is 0.0396. The summed E-state index contributed by atoms with van der Waals surface area (Å²) in [4.78, 5) is 12.2. The van der Waals surface area contributed by atoms with Crippen LogP contribution in [0.15, 0.2) is 24.3 Å². The first-order valence-corrected chi connectivity index (χ1v) is 6.49. The van der Waals surface area contributed by atoms with E-state index in [2.05, 4.69) is 16.8 Å². The smallest absolute Gasteiger partial charge is 0.253 e. The molecule has 2 aromatic rings. The fourth-order valence-electron chi connectivity index (χ4n) is 2.27. The van der Waals surface area contributed by atoms with Gasteiger partial charge in [-0.15, -0.1) is 0 Å². The molecule has 18 heavy (non-hydrogen) atoms. The molecule has 0 aliphatic rings. The van der Waals surface area contributed by atoms with E-state index in [0.29, 0.717) is 0 Å². The number of unbranched alkanes of at least 4 members (excludes halogenated alkanes) is 1. The maximum Gasteiger partial charge on any atom is 0.253 e. The van der Waals surface area contributed by atoms with Gasteiger partial charge in [0.25, 0.3) is 5.91 Å². The second kappa shape index (κ2) is 5.25. The fourth-order valence-corrected chi connectivity index (χ4v) is 2.27. The molecule has 3 heteroatoms. The van der Waals surface area contributed by atoms with Crippen LogP contribution in [0.5, 0.6) is 0 Å². The van der Waals surface area contributed by atoms with E-state index >= 15 is 0 Å². The first kappa shape index (κ1) is 12.7. The molecule has 1 N–H and O–H groups in total. The molecule has 0 bridgehead atoms. The first-order chi connectivity index (χ1) is 8.66. The number of rotatable bonds is 4. The lowest BCUT2D eigenvalue weighted by molar-refractivity contribution is 0.0954. The normalized spacial score (nSPS) is 10.8. The van der Waals surface area contributed by atoms with Gasteiger partial charge in [0.1, 0.15) is 0 Å². The van der Waals surface area contributed by atoms with Gasteiger partial charge >= 0.3 is 0 Å². The van der Waals surface area contributed by atoms with Crippen molar-refractivity contribution < 1.29 is 4.79 Å². The highest BCUT2D eigenvalue weighted by Crippen LogP contribution is 2.24. The van der Waals surface area contributed by atoms with Gasteiger partial charge in [-0.3, -0.25) is 4.79 Å². The van der Waals surface area contributed by atoms with E-state index < -0.39 is 0 Å². The molecule has 3 nitrogen and oxygen atoms in total. The molecule has 0 spiro atoms. The zero-order chi connectivity index (χ0) is 13.1. The molecule has 0 aliphatic heterocycles. The number of carbonyl (C=O) groups excluding carboxylic acids is 1. The maximum atomic E-state index is 12.2. The number of nitrogens with one attached hydrogen (secondary N) is 1. The van der Waals surface area contributed by atoms with E-state index in [9.17, 15) is 4.79 Å². The van der Waals surface area contributed by atoms with Crippen LogP contribution in [0.1, 0.15) is 35.8 Å². The lowest BCUT2D eigenvalue weighted by Crippen LogP contribution is -2.24. The second-order valence-electron chi connectivity index (χ2n) is 4.65. The summed E-state index contributed by atoms with van der Waals surface area (Å²) >= 11 is 0. The molecule has 0 atom stereocenters. The molecule has 1 aromatic carbocycles. The Morgan fingerprint density at radius 1 is 1.33 bits per heavy atom. The van der Waals surface area contributed by atoms with Gasteiger partial charge in [-0.1, -0.05) is 31.5 Å². The number of aryl methyl sites for hydroxylation is 1. The van der Waals surface area contributed by atoms with Gasteiger partial charge in [-0.2, -0.15) is 0 Å². The molecule has 2 rings (SSSR count). The highest BCUT2D eigenvalue weighted by Gasteiger charge is 2.17. The summed E-state index contributed by atoms with van der Waals surface area (Å²) < 4.78 is 2.07. The van der Waals surface area contributed by atoms with Crippen LogP contribution in [0.2, 0.25) is 0 Å². The van der Waals surface area contributed by atoms with Crippen molar-refractivity contribution in [3.8, 4) is 0 Å². The predicted molar refractivity (Wildman–Crippen MR) is 74.9 cm³/mol. The molecular formula is C15H20N2O. The van der Waals surface area contributed by atoms with Crippen molar-refractivity contribution >= 4 is 16.8 Å². The number of para-hydroxylation sites is 1. The third-order valence-electron chi connectivity index (χ3n) is 3.44. The zero-order valence-electron chi connectivity index (χ0n) is 11.3. The number of hydrogen-bond acceptors (Lipinski definition) is 1. The minimum absolute atomic E-state index is 0.0396. The molecule has 0 fully saturated rings. The number of fused-ring (bicyclic) bond motifs is 1. The Morgan fingerprint density at radius 3 is 2.78 bits per heavy atom. The summed E-state index contributed by atoms with van der Waals surface area (Å²) in [6.07, 6.45) is 2.12. The zero-order valence-corrected chi connectivity index (χ0v) is 11.3. The standard InChI is InChI=1S/C15H20N2O/c1-4-5-10-16-15(18)14-11(2)17(3)13-9-7-6-8-12(13)14/h6-9H,4-5,10H2,1-3H3,(H,16,18). The highest BCUT2D eigenvalue weighted by atomic mass is 16.1. The average Bonchev–Trinajstić information content (AvgIpc) is 2.63. The molecule has 0 saturated carbocycles. The molecule has 96 valence electrons. The van der Waals surface area contributed by atoms with Crippen LogP contribution in [0, 0.1) is 6.92 Å². The number of benzene rings is 1. The SMILES string of the molecule is CCCCNC(=O)c1c(C)n(C)c2ccccc12. The number of aromatic nitrogens is 1. The van der Waals surface area contributed by atoms with Crippen LogP contribution in [0.3, 0.4) is 0 Å². The summed E-state index contributed by atoms with van der Waals surface area (Å²) in [6.45, 7) is 4.86. The van der Waals surface area contributed by atoms with Crippen molar-refractivity contribution in [2.45, 2.75) is 26.7 Å². The van der Waals surface area contributed by atoms with Crippen LogP contribution < -0.4 is 5.32 Å². The van der Waals surface area contributed by atoms with Gasteiger partial charge in [-0.25, -0.2) is 0 Å². The Bertz CT molecular complexity index is 569. The lowest BCUT2D eigenvalue weighted by atomic mass is 10.1. The van der Waals surface area contributed by atoms with Crippen molar-refractivity contribution in [3.63, 3.8) is 0 Å². The van der Waals surface area contributed by atoms with Crippen LogP contribution >= 0.6 is 0 Å². The van der Waals surface area contributed by atoms with Crippen LogP contribution in [0.25, 0.3) is 10.9 Å². The number of hydrogen-bond donors (Lipinski definition) is 1. The van der Waals surface area contributed by atoms with E-state index in [-0.39, 0.29) is 5.91 Å². The molecular weight excluding hydrogens is 224 g/mol. The van der Waals surface area contributed by atoms with Gasteiger partial charge in [0.15, 0.2) is 0 Å². The molecule has 0 radical (unpaired) electrons. The van der Waals surface area contributed by atoms with Crippen molar-refractivity contribution in [2.24, 2.45) is 7.05 Å². The minimum Gasteiger partial charge on any atom is -0.352 e. The van der Waals surface area contributed by atoms with Crippen molar-refractivity contribution in [2.75, 3.05) is 6.54 Å². The number of carbonyl (C=O) groups is 1. The van der Waals surface area contributed by atoms with E-state index in [1.54, 1.807) is 0 Å². The van der Waals surface area contributed by atoms with E-state index in [4.69, 9.17) is 0 Å². The van der Waals surface area contributed by atoms with E-state index in [0.717, 1.165) is 41.5 Å². The van der Waals surface area contributed by atoms with Crippen molar-refractivity contribution in [1.82, 2.24) is 9.88 Å². The third kappa shape index (κ3) is 2.13. The Kier molecular flexibility index (Phi) is 3.70. The predicted octanol–water partition coefficient (Wildman–Crippen LogP) is 3.02. The van der Waals surface area contributed by atoms with Crippen molar-refractivity contribution in [1.29, 1.82) is 0 Å². The molecule has 1 amide bonds. The molecule has 0 aliphatic carbocycles. The van der Waals surface area contributed by atoms with Gasteiger partial charge in [0.2, 0.25) is 0 Å². The van der Waals surface area contributed by atoms with Gasteiger partial charge in [0.05, 0.1) is 5.56 Å². The van der Waals surface area contributed by atoms with Gasteiger partial charge < -0.3 is 9.88 Å². The second-order valence-corrected chi connectivity index (χ2v) is 4.65. The van der Waals surface area contributed by atoms with E-state index in [1.165, 1.54) is 0 Å². The molecule has 0 unspecified atom stereocenters. The lowest BCUT2D eigenvalue weighted by Gasteiger charge is -2.04. The van der Waals surface area contributed by atoms with Crippen molar-refractivity contribution in [3.05, 3.63) is 35.5 Å². The Balaban J connectivity index is 2.38. The molecule has 1 heterocycles. The highest BCUT2D eigenvalue weighted by molar-refractivity contribution is 6.08. The summed E-state index contributed by atoms with van der Waals surface area (Å²) in [6, 6.07) is 8.04. The third-order valence-corrected chi connectivity index (χ3v) is 3.44. The quantitative estimate of drug-likeness (QED) is 0.824.